The zero-order valence-corrected chi connectivity index (χ0v) is 11.6. The van der Waals surface area contributed by atoms with Gasteiger partial charge in [-0.3, -0.25) is 4.79 Å². The molecular formula is C14H22N2O3. The summed E-state index contributed by atoms with van der Waals surface area (Å²) in [6.45, 7) is 1.64. The summed E-state index contributed by atoms with van der Waals surface area (Å²) in [5.41, 5.74) is 5.41. The minimum Gasteiger partial charge on any atom is -0.497 e. The number of ether oxygens (including phenoxy) is 2. The Labute approximate surface area is 114 Å². The second kappa shape index (κ2) is 8.37. The highest BCUT2D eigenvalue weighted by Gasteiger charge is 2.08. The minimum atomic E-state index is 0.0661. The number of nitrogens with two attached hydrogens (primary N) is 1. The van der Waals surface area contributed by atoms with Gasteiger partial charge in [0.1, 0.15) is 11.5 Å². The number of hydrogen-bond donors (Lipinski definition) is 1. The van der Waals surface area contributed by atoms with Crippen LogP contribution in [0.15, 0.2) is 24.3 Å². The molecule has 0 aliphatic rings. The summed E-state index contributed by atoms with van der Waals surface area (Å²) in [4.78, 5) is 13.4. The summed E-state index contributed by atoms with van der Waals surface area (Å²) in [5, 5.41) is 0. The fraction of sp³-hybridized carbons (Fsp3) is 0.500. The lowest BCUT2D eigenvalue weighted by molar-refractivity contribution is -0.130. The minimum absolute atomic E-state index is 0.0661. The van der Waals surface area contributed by atoms with Gasteiger partial charge in [0.25, 0.3) is 0 Å². The Morgan fingerprint density at radius 3 is 2.79 bits per heavy atom. The van der Waals surface area contributed by atoms with E-state index in [9.17, 15) is 4.79 Å². The van der Waals surface area contributed by atoms with Gasteiger partial charge in [-0.25, -0.2) is 0 Å². The number of hydrogen-bond acceptors (Lipinski definition) is 4. The molecule has 1 aromatic carbocycles. The third kappa shape index (κ3) is 5.61. The van der Waals surface area contributed by atoms with E-state index in [1.54, 1.807) is 25.1 Å². The van der Waals surface area contributed by atoms with Gasteiger partial charge in [-0.2, -0.15) is 0 Å². The van der Waals surface area contributed by atoms with Crippen molar-refractivity contribution < 1.29 is 14.3 Å². The maximum atomic E-state index is 11.7. The van der Waals surface area contributed by atoms with E-state index < -0.39 is 0 Å². The third-order valence-corrected chi connectivity index (χ3v) is 2.75. The summed E-state index contributed by atoms with van der Waals surface area (Å²) in [7, 11) is 3.39. The number of amides is 1. The lowest BCUT2D eigenvalue weighted by atomic mass is 10.3. The largest absolute Gasteiger partial charge is 0.497 e. The van der Waals surface area contributed by atoms with E-state index >= 15 is 0 Å². The first-order valence-corrected chi connectivity index (χ1v) is 6.38. The van der Waals surface area contributed by atoms with Crippen molar-refractivity contribution in [3.05, 3.63) is 24.3 Å². The number of carbonyl (C=O) groups is 1. The van der Waals surface area contributed by atoms with Gasteiger partial charge in [0.15, 0.2) is 0 Å². The van der Waals surface area contributed by atoms with Crippen LogP contribution in [0.3, 0.4) is 0 Å². The lowest BCUT2D eigenvalue weighted by Gasteiger charge is -2.16. The van der Waals surface area contributed by atoms with Crippen LogP contribution in [0, 0.1) is 0 Å². The molecule has 0 saturated carbocycles. The molecule has 0 bridgehead atoms. The fourth-order valence-electron chi connectivity index (χ4n) is 1.59. The summed E-state index contributed by atoms with van der Waals surface area (Å²) in [6, 6.07) is 7.33. The normalized spacial score (nSPS) is 10.1. The van der Waals surface area contributed by atoms with Gasteiger partial charge >= 0.3 is 0 Å². The Morgan fingerprint density at radius 1 is 1.37 bits per heavy atom. The Balaban J connectivity index is 2.31. The van der Waals surface area contributed by atoms with Crippen LogP contribution in [0.4, 0.5) is 0 Å². The van der Waals surface area contributed by atoms with Crippen molar-refractivity contribution in [3.63, 3.8) is 0 Å². The van der Waals surface area contributed by atoms with E-state index in [-0.39, 0.29) is 5.91 Å². The highest BCUT2D eigenvalue weighted by Crippen LogP contribution is 2.18. The zero-order valence-electron chi connectivity index (χ0n) is 11.6. The first-order chi connectivity index (χ1) is 9.17. The van der Waals surface area contributed by atoms with Crippen LogP contribution in [0.1, 0.15) is 12.8 Å². The van der Waals surface area contributed by atoms with Gasteiger partial charge in [-0.05, 0) is 25.1 Å². The molecule has 0 aliphatic heterocycles. The van der Waals surface area contributed by atoms with Gasteiger partial charge in [-0.15, -0.1) is 0 Å². The number of rotatable bonds is 8. The molecular weight excluding hydrogens is 244 g/mol. The Morgan fingerprint density at radius 2 is 2.11 bits per heavy atom. The number of nitrogens with zero attached hydrogens (tertiary/aromatic N) is 1. The maximum absolute atomic E-state index is 11.7. The molecule has 19 heavy (non-hydrogen) atoms. The van der Waals surface area contributed by atoms with Crippen LogP contribution in [-0.4, -0.2) is 44.7 Å². The zero-order chi connectivity index (χ0) is 14.1. The van der Waals surface area contributed by atoms with E-state index in [1.807, 2.05) is 18.2 Å². The second-order valence-corrected chi connectivity index (χ2v) is 4.23. The first-order valence-electron chi connectivity index (χ1n) is 6.38. The highest BCUT2D eigenvalue weighted by molar-refractivity contribution is 5.75. The monoisotopic (exact) mass is 266 g/mol. The summed E-state index contributed by atoms with van der Waals surface area (Å²) >= 11 is 0. The molecule has 2 N–H and O–H groups in total. The van der Waals surface area contributed by atoms with Crippen LogP contribution in [-0.2, 0) is 4.79 Å². The molecule has 0 heterocycles. The first kappa shape index (κ1) is 15.3. The molecule has 5 nitrogen and oxygen atoms in total. The average Bonchev–Trinajstić information content (AvgIpc) is 2.44. The molecule has 0 unspecified atom stereocenters. The standard InChI is InChI=1S/C14H22N2O3/c1-16(9-4-8-15)14(17)7-10-19-13-6-3-5-12(11-13)18-2/h3,5-6,11H,4,7-10,15H2,1-2H3. The smallest absolute Gasteiger partial charge is 0.225 e. The molecule has 0 radical (unpaired) electrons. The molecule has 0 saturated heterocycles. The Kier molecular flexibility index (Phi) is 6.74. The molecule has 0 atom stereocenters. The van der Waals surface area contributed by atoms with Crippen molar-refractivity contribution in [1.29, 1.82) is 0 Å². The predicted molar refractivity (Wildman–Crippen MR) is 74.4 cm³/mol. The van der Waals surface area contributed by atoms with E-state index in [2.05, 4.69) is 0 Å². The topological polar surface area (TPSA) is 64.8 Å². The molecule has 0 fully saturated rings. The molecule has 0 spiro atoms. The van der Waals surface area contributed by atoms with Crippen molar-refractivity contribution in [2.45, 2.75) is 12.8 Å². The Hall–Kier alpha value is -1.75. The summed E-state index contributed by atoms with van der Waals surface area (Å²) < 4.78 is 10.6. The quantitative estimate of drug-likeness (QED) is 0.769. The van der Waals surface area contributed by atoms with Gasteiger partial charge < -0.3 is 20.1 Å². The van der Waals surface area contributed by atoms with Crippen LogP contribution in [0.25, 0.3) is 0 Å². The Bertz CT molecular complexity index is 396. The van der Waals surface area contributed by atoms with Crippen LogP contribution < -0.4 is 15.2 Å². The van der Waals surface area contributed by atoms with E-state index in [1.165, 1.54) is 0 Å². The maximum Gasteiger partial charge on any atom is 0.225 e. The predicted octanol–water partition coefficient (Wildman–Crippen LogP) is 1.27. The van der Waals surface area contributed by atoms with Crippen LogP contribution in [0.2, 0.25) is 0 Å². The SMILES string of the molecule is COc1cccc(OCCC(=O)N(C)CCCN)c1. The van der Waals surface area contributed by atoms with Crippen molar-refractivity contribution >= 4 is 5.91 Å². The van der Waals surface area contributed by atoms with Crippen molar-refractivity contribution in [2.75, 3.05) is 33.9 Å². The van der Waals surface area contributed by atoms with Crippen molar-refractivity contribution in [2.24, 2.45) is 5.73 Å². The van der Waals surface area contributed by atoms with Gasteiger partial charge in [-0.1, -0.05) is 6.07 Å². The number of methoxy groups -OCH3 is 1. The van der Waals surface area contributed by atoms with Crippen LogP contribution >= 0.6 is 0 Å². The molecule has 0 aliphatic carbocycles. The van der Waals surface area contributed by atoms with Gasteiger partial charge in [0, 0.05) is 19.7 Å². The van der Waals surface area contributed by atoms with Gasteiger partial charge in [0.05, 0.1) is 20.1 Å². The van der Waals surface area contributed by atoms with Crippen molar-refractivity contribution in [3.8, 4) is 11.5 Å². The van der Waals surface area contributed by atoms with E-state index in [0.29, 0.717) is 31.9 Å². The number of carbonyl (C=O) groups excluding carboxylic acids is 1. The molecule has 0 aromatic heterocycles. The van der Waals surface area contributed by atoms with E-state index in [0.717, 1.165) is 12.2 Å². The summed E-state index contributed by atoms with van der Waals surface area (Å²) in [5.74, 6) is 1.51. The fourth-order valence-corrected chi connectivity index (χ4v) is 1.59. The highest BCUT2D eigenvalue weighted by atomic mass is 16.5. The molecule has 5 heteroatoms. The van der Waals surface area contributed by atoms with E-state index in [4.69, 9.17) is 15.2 Å². The van der Waals surface area contributed by atoms with Crippen LogP contribution in [0.5, 0.6) is 11.5 Å². The van der Waals surface area contributed by atoms with Gasteiger partial charge in [0.2, 0.25) is 5.91 Å². The second-order valence-electron chi connectivity index (χ2n) is 4.23. The average molecular weight is 266 g/mol. The molecule has 1 amide bonds. The summed E-state index contributed by atoms with van der Waals surface area (Å²) in [6.07, 6.45) is 1.18. The number of benzene rings is 1. The third-order valence-electron chi connectivity index (χ3n) is 2.75. The molecule has 1 aromatic rings. The molecule has 1 rings (SSSR count). The molecule has 106 valence electrons. The lowest BCUT2D eigenvalue weighted by Crippen LogP contribution is -2.29. The van der Waals surface area contributed by atoms with Crippen molar-refractivity contribution in [1.82, 2.24) is 4.90 Å².